The first-order valence-electron chi connectivity index (χ1n) is 7.49. The van der Waals surface area contributed by atoms with Crippen LogP contribution in [-0.2, 0) is 6.42 Å². The molecule has 3 heteroatoms. The maximum atomic E-state index is 4.46. The van der Waals surface area contributed by atoms with Crippen molar-refractivity contribution in [3.8, 4) is 0 Å². The lowest BCUT2D eigenvalue weighted by Gasteiger charge is -2.17. The van der Waals surface area contributed by atoms with E-state index < -0.39 is 0 Å². The van der Waals surface area contributed by atoms with Crippen LogP contribution in [0.15, 0.2) is 54.9 Å². The van der Waals surface area contributed by atoms with Crippen LogP contribution in [0.4, 0.5) is 0 Å². The molecule has 0 spiro atoms. The zero-order valence-corrected chi connectivity index (χ0v) is 12.6. The van der Waals surface area contributed by atoms with Gasteiger partial charge in [0.15, 0.2) is 0 Å². The number of pyridine rings is 1. The van der Waals surface area contributed by atoms with Crippen LogP contribution in [0.5, 0.6) is 0 Å². The monoisotopic (exact) mass is 279 g/mol. The quantitative estimate of drug-likeness (QED) is 0.774. The lowest BCUT2D eigenvalue weighted by atomic mass is 9.98. The van der Waals surface area contributed by atoms with Gasteiger partial charge >= 0.3 is 0 Å². The number of hydrogen-bond acceptors (Lipinski definition) is 2. The third-order valence-corrected chi connectivity index (χ3v) is 3.80. The van der Waals surface area contributed by atoms with Crippen LogP contribution in [-0.4, -0.2) is 16.2 Å². The van der Waals surface area contributed by atoms with Gasteiger partial charge in [-0.1, -0.05) is 42.8 Å². The molecule has 0 bridgehead atoms. The van der Waals surface area contributed by atoms with Crippen molar-refractivity contribution in [2.24, 2.45) is 0 Å². The molecule has 1 unspecified atom stereocenters. The van der Waals surface area contributed by atoms with E-state index in [0.29, 0.717) is 0 Å². The van der Waals surface area contributed by atoms with E-state index in [1.807, 2.05) is 23.0 Å². The number of hydrogen-bond donors (Lipinski definition) is 1. The second-order valence-electron chi connectivity index (χ2n) is 5.43. The molecule has 1 N–H and O–H groups in total. The summed E-state index contributed by atoms with van der Waals surface area (Å²) in [4.78, 5) is 0. The van der Waals surface area contributed by atoms with E-state index in [9.17, 15) is 0 Å². The standard InChI is InChI=1S/C18H21N3/c1-3-19-17(12-15-8-6-7-14(2)11-15)16-13-20-21-10-5-4-9-18(16)21/h4-11,13,17,19H,3,12H2,1-2H3. The van der Waals surface area contributed by atoms with E-state index in [-0.39, 0.29) is 6.04 Å². The molecule has 0 saturated heterocycles. The van der Waals surface area contributed by atoms with Crippen molar-refractivity contribution in [1.29, 1.82) is 0 Å². The number of rotatable bonds is 5. The molecular weight excluding hydrogens is 258 g/mol. The van der Waals surface area contributed by atoms with Gasteiger partial charge in [0.05, 0.1) is 11.7 Å². The Labute approximate surface area is 125 Å². The van der Waals surface area contributed by atoms with Gasteiger partial charge in [0.25, 0.3) is 0 Å². The highest BCUT2D eigenvalue weighted by Gasteiger charge is 2.16. The van der Waals surface area contributed by atoms with Gasteiger partial charge in [-0.25, -0.2) is 4.52 Å². The third kappa shape index (κ3) is 2.98. The molecule has 1 atom stereocenters. The van der Waals surface area contributed by atoms with Crippen LogP contribution < -0.4 is 5.32 Å². The Morgan fingerprint density at radius 2 is 2.10 bits per heavy atom. The third-order valence-electron chi connectivity index (χ3n) is 3.80. The van der Waals surface area contributed by atoms with Crippen LogP contribution in [0, 0.1) is 6.92 Å². The molecule has 0 aliphatic heterocycles. The summed E-state index contributed by atoms with van der Waals surface area (Å²) in [5.41, 5.74) is 5.11. The summed E-state index contributed by atoms with van der Waals surface area (Å²) >= 11 is 0. The summed E-state index contributed by atoms with van der Waals surface area (Å²) in [6.07, 6.45) is 4.96. The second-order valence-corrected chi connectivity index (χ2v) is 5.43. The van der Waals surface area contributed by atoms with E-state index in [1.54, 1.807) is 0 Å². The molecule has 3 nitrogen and oxygen atoms in total. The molecule has 108 valence electrons. The summed E-state index contributed by atoms with van der Waals surface area (Å²) in [6.45, 7) is 5.23. The molecular formula is C18H21N3. The van der Waals surface area contributed by atoms with Crippen molar-refractivity contribution in [2.75, 3.05) is 6.54 Å². The van der Waals surface area contributed by atoms with Crippen molar-refractivity contribution in [3.63, 3.8) is 0 Å². The molecule has 0 amide bonds. The number of nitrogens with one attached hydrogen (secondary N) is 1. The predicted octanol–water partition coefficient (Wildman–Crippen LogP) is 3.54. The van der Waals surface area contributed by atoms with Crippen molar-refractivity contribution >= 4 is 5.52 Å². The van der Waals surface area contributed by atoms with Crippen molar-refractivity contribution in [2.45, 2.75) is 26.3 Å². The zero-order chi connectivity index (χ0) is 14.7. The maximum Gasteiger partial charge on any atom is 0.0709 e. The molecule has 0 fully saturated rings. The summed E-state index contributed by atoms with van der Waals surface area (Å²) in [6, 6.07) is 15.2. The Balaban J connectivity index is 1.94. The maximum absolute atomic E-state index is 4.46. The van der Waals surface area contributed by atoms with Crippen LogP contribution in [0.2, 0.25) is 0 Å². The van der Waals surface area contributed by atoms with Crippen molar-refractivity contribution < 1.29 is 0 Å². The minimum Gasteiger partial charge on any atom is -0.310 e. The lowest BCUT2D eigenvalue weighted by molar-refractivity contribution is 0.553. The molecule has 3 aromatic rings. The fourth-order valence-corrected chi connectivity index (χ4v) is 2.84. The molecule has 0 saturated carbocycles. The SMILES string of the molecule is CCNC(Cc1cccc(C)c1)c1cnn2ccccc12. The molecule has 0 aliphatic carbocycles. The number of fused-ring (bicyclic) bond motifs is 1. The first-order chi connectivity index (χ1) is 10.3. The fraction of sp³-hybridized carbons (Fsp3) is 0.278. The van der Waals surface area contributed by atoms with Gasteiger partial charge in [-0.15, -0.1) is 0 Å². The molecule has 0 radical (unpaired) electrons. The Kier molecular flexibility index (Phi) is 4.02. The van der Waals surface area contributed by atoms with Crippen LogP contribution >= 0.6 is 0 Å². The van der Waals surface area contributed by atoms with Crippen LogP contribution in [0.1, 0.15) is 29.7 Å². The van der Waals surface area contributed by atoms with E-state index in [1.165, 1.54) is 22.2 Å². The largest absolute Gasteiger partial charge is 0.310 e. The van der Waals surface area contributed by atoms with Crippen LogP contribution in [0.25, 0.3) is 5.52 Å². The van der Waals surface area contributed by atoms with Gasteiger partial charge in [0, 0.05) is 17.8 Å². The van der Waals surface area contributed by atoms with Crippen molar-refractivity contribution in [1.82, 2.24) is 14.9 Å². The highest BCUT2D eigenvalue weighted by molar-refractivity contribution is 5.55. The van der Waals surface area contributed by atoms with E-state index in [0.717, 1.165) is 13.0 Å². The number of likely N-dealkylation sites (N-methyl/N-ethyl adjacent to an activating group) is 1. The van der Waals surface area contributed by atoms with Gasteiger partial charge in [0.1, 0.15) is 0 Å². The Morgan fingerprint density at radius 3 is 2.90 bits per heavy atom. The van der Waals surface area contributed by atoms with E-state index >= 15 is 0 Å². The van der Waals surface area contributed by atoms with Gasteiger partial charge in [-0.2, -0.15) is 5.10 Å². The summed E-state index contributed by atoms with van der Waals surface area (Å²) in [7, 11) is 0. The van der Waals surface area contributed by atoms with Gasteiger partial charge in [-0.3, -0.25) is 0 Å². The highest BCUT2D eigenvalue weighted by atomic mass is 15.2. The molecule has 21 heavy (non-hydrogen) atoms. The summed E-state index contributed by atoms with van der Waals surface area (Å²) < 4.78 is 1.94. The average Bonchev–Trinajstić information content (AvgIpc) is 2.91. The Hall–Kier alpha value is -2.13. The minimum atomic E-state index is 0.289. The second kappa shape index (κ2) is 6.10. The molecule has 0 aliphatic rings. The van der Waals surface area contributed by atoms with Gasteiger partial charge in [0.2, 0.25) is 0 Å². The van der Waals surface area contributed by atoms with Crippen LogP contribution in [0.3, 0.4) is 0 Å². The highest BCUT2D eigenvalue weighted by Crippen LogP contribution is 2.23. The first kappa shape index (κ1) is 13.8. The smallest absolute Gasteiger partial charge is 0.0709 e. The van der Waals surface area contributed by atoms with Gasteiger partial charge < -0.3 is 5.32 Å². The number of aromatic nitrogens is 2. The Morgan fingerprint density at radius 1 is 1.19 bits per heavy atom. The fourth-order valence-electron chi connectivity index (χ4n) is 2.84. The molecule has 1 aromatic carbocycles. The average molecular weight is 279 g/mol. The van der Waals surface area contributed by atoms with Crippen molar-refractivity contribution in [3.05, 3.63) is 71.5 Å². The number of benzene rings is 1. The number of aryl methyl sites for hydroxylation is 1. The lowest BCUT2D eigenvalue weighted by Crippen LogP contribution is -2.22. The minimum absolute atomic E-state index is 0.289. The number of nitrogens with zero attached hydrogens (tertiary/aromatic N) is 2. The molecule has 2 heterocycles. The Bertz CT molecular complexity index is 730. The van der Waals surface area contributed by atoms with E-state index in [4.69, 9.17) is 0 Å². The van der Waals surface area contributed by atoms with E-state index in [2.05, 4.69) is 60.7 Å². The summed E-state index contributed by atoms with van der Waals surface area (Å²) in [5.74, 6) is 0. The predicted molar refractivity (Wildman–Crippen MR) is 86.5 cm³/mol. The first-order valence-corrected chi connectivity index (χ1v) is 7.49. The molecule has 3 rings (SSSR count). The summed E-state index contributed by atoms with van der Waals surface area (Å²) in [5, 5.41) is 8.05. The topological polar surface area (TPSA) is 29.3 Å². The normalized spacial score (nSPS) is 12.7. The van der Waals surface area contributed by atoms with Gasteiger partial charge in [-0.05, 0) is 37.6 Å². The molecule has 2 aromatic heterocycles. The zero-order valence-electron chi connectivity index (χ0n) is 12.6.